The van der Waals surface area contributed by atoms with E-state index in [1.165, 1.54) is 35.8 Å². The summed E-state index contributed by atoms with van der Waals surface area (Å²) in [5, 5.41) is 3.63. The van der Waals surface area contributed by atoms with E-state index >= 15 is 0 Å². The van der Waals surface area contributed by atoms with Gasteiger partial charge < -0.3 is 0 Å². The molecule has 1 aromatic carbocycles. The molecule has 0 aliphatic heterocycles. The second kappa shape index (κ2) is 2.85. The molecule has 66 valence electrons. The molecule has 1 heteroatoms. The van der Waals surface area contributed by atoms with Crippen molar-refractivity contribution in [3.63, 3.8) is 0 Å². The number of aryl methyl sites for hydroxylation is 2. The first-order chi connectivity index (χ1) is 6.43. The van der Waals surface area contributed by atoms with Crippen LogP contribution in [0.4, 0.5) is 0 Å². The van der Waals surface area contributed by atoms with Gasteiger partial charge in [0.05, 0.1) is 0 Å². The summed E-state index contributed by atoms with van der Waals surface area (Å²) in [5.74, 6) is 0. The van der Waals surface area contributed by atoms with Crippen LogP contribution in [0.2, 0.25) is 0 Å². The molecule has 1 aromatic heterocycles. The third-order valence-electron chi connectivity index (χ3n) is 2.92. The number of thiophene rings is 1. The van der Waals surface area contributed by atoms with Gasteiger partial charge in [-0.25, -0.2) is 0 Å². The summed E-state index contributed by atoms with van der Waals surface area (Å²) < 4.78 is 1.46. The van der Waals surface area contributed by atoms with Gasteiger partial charge in [-0.2, -0.15) is 0 Å². The Morgan fingerprint density at radius 3 is 2.62 bits per heavy atom. The summed E-state index contributed by atoms with van der Waals surface area (Å²) in [4.78, 5) is 0. The fourth-order valence-electron chi connectivity index (χ4n) is 2.20. The Kier molecular flexibility index (Phi) is 1.66. The smallest absolute Gasteiger partial charge is 0.0345 e. The number of rotatable bonds is 0. The maximum Gasteiger partial charge on any atom is 0.0345 e. The third kappa shape index (κ3) is 1.19. The Labute approximate surface area is 82.2 Å². The molecular weight excluding hydrogens is 176 g/mol. The molecule has 0 spiro atoms. The minimum atomic E-state index is 1.29. The van der Waals surface area contributed by atoms with Gasteiger partial charge in [-0.05, 0) is 59.7 Å². The van der Waals surface area contributed by atoms with Gasteiger partial charge in [-0.1, -0.05) is 6.07 Å². The first-order valence-electron chi connectivity index (χ1n) is 4.92. The second-order valence-electron chi connectivity index (χ2n) is 3.79. The lowest BCUT2D eigenvalue weighted by atomic mass is 9.91. The Bertz CT molecular complexity index is 399. The molecule has 1 heterocycles. The van der Waals surface area contributed by atoms with Gasteiger partial charge in [0, 0.05) is 4.70 Å². The molecule has 13 heavy (non-hydrogen) atoms. The van der Waals surface area contributed by atoms with E-state index in [0.717, 1.165) is 0 Å². The van der Waals surface area contributed by atoms with E-state index in [1.54, 1.807) is 11.1 Å². The standard InChI is InChI=1S/C12H12S/c1-2-4-10-8-12-11(5-6-13-12)7-9(10)3-1/h5-8H,1-4H2. The van der Waals surface area contributed by atoms with Crippen LogP contribution in [0.3, 0.4) is 0 Å². The fraction of sp³-hybridized carbons (Fsp3) is 0.333. The zero-order valence-electron chi connectivity index (χ0n) is 7.55. The minimum absolute atomic E-state index is 1.29. The average molecular weight is 188 g/mol. The van der Waals surface area contributed by atoms with Gasteiger partial charge in [0.2, 0.25) is 0 Å². The Balaban J connectivity index is 2.28. The molecule has 0 saturated heterocycles. The molecule has 2 aromatic rings. The van der Waals surface area contributed by atoms with Crippen LogP contribution in [0.1, 0.15) is 24.0 Å². The van der Waals surface area contributed by atoms with Crippen LogP contribution in [0.15, 0.2) is 23.6 Å². The molecule has 3 rings (SSSR count). The molecule has 1 aliphatic rings. The van der Waals surface area contributed by atoms with Gasteiger partial charge in [0.25, 0.3) is 0 Å². The van der Waals surface area contributed by atoms with Gasteiger partial charge in [0.15, 0.2) is 0 Å². The predicted molar refractivity (Wildman–Crippen MR) is 58.5 cm³/mol. The topological polar surface area (TPSA) is 0 Å². The van der Waals surface area contributed by atoms with Crippen molar-refractivity contribution in [2.75, 3.05) is 0 Å². The molecular formula is C12H12S. The average Bonchev–Trinajstić information content (AvgIpc) is 2.61. The van der Waals surface area contributed by atoms with Crippen molar-refractivity contribution in [2.45, 2.75) is 25.7 Å². The van der Waals surface area contributed by atoms with Crippen molar-refractivity contribution in [2.24, 2.45) is 0 Å². The van der Waals surface area contributed by atoms with E-state index in [4.69, 9.17) is 0 Å². The van der Waals surface area contributed by atoms with Gasteiger partial charge in [-0.15, -0.1) is 11.3 Å². The third-order valence-corrected chi connectivity index (χ3v) is 3.80. The van der Waals surface area contributed by atoms with Crippen molar-refractivity contribution in [1.82, 2.24) is 0 Å². The normalized spacial score (nSPS) is 16.0. The summed E-state index contributed by atoms with van der Waals surface area (Å²) in [6.07, 6.45) is 5.34. The van der Waals surface area contributed by atoms with Crippen LogP contribution in [0.5, 0.6) is 0 Å². The monoisotopic (exact) mass is 188 g/mol. The van der Waals surface area contributed by atoms with E-state index in [0.29, 0.717) is 0 Å². The molecule has 0 unspecified atom stereocenters. The largest absolute Gasteiger partial charge is 0.144 e. The molecule has 0 nitrogen and oxygen atoms in total. The van der Waals surface area contributed by atoms with Crippen LogP contribution in [0.25, 0.3) is 10.1 Å². The van der Waals surface area contributed by atoms with Crippen molar-refractivity contribution in [3.05, 3.63) is 34.7 Å². The quantitative estimate of drug-likeness (QED) is 0.590. The SMILES string of the molecule is c1cc2cc3c(cc2s1)CCCC3. The summed E-state index contributed by atoms with van der Waals surface area (Å²) in [6, 6.07) is 7.02. The number of hydrogen-bond acceptors (Lipinski definition) is 1. The Morgan fingerprint density at radius 1 is 1.00 bits per heavy atom. The van der Waals surface area contributed by atoms with E-state index in [2.05, 4.69) is 23.6 Å². The number of hydrogen-bond donors (Lipinski definition) is 0. The minimum Gasteiger partial charge on any atom is -0.144 e. The fourth-order valence-corrected chi connectivity index (χ4v) is 3.03. The molecule has 0 bridgehead atoms. The lowest BCUT2D eigenvalue weighted by Gasteiger charge is -2.15. The molecule has 1 aliphatic carbocycles. The Hall–Kier alpha value is -0.820. The van der Waals surface area contributed by atoms with Crippen molar-refractivity contribution < 1.29 is 0 Å². The number of benzene rings is 1. The summed E-state index contributed by atoms with van der Waals surface area (Å²) >= 11 is 1.86. The van der Waals surface area contributed by atoms with E-state index in [-0.39, 0.29) is 0 Å². The lowest BCUT2D eigenvalue weighted by molar-refractivity contribution is 0.687. The van der Waals surface area contributed by atoms with Crippen LogP contribution in [0, 0.1) is 0 Å². The zero-order valence-corrected chi connectivity index (χ0v) is 8.36. The van der Waals surface area contributed by atoms with E-state index in [9.17, 15) is 0 Å². The summed E-state index contributed by atoms with van der Waals surface area (Å²) in [7, 11) is 0. The van der Waals surface area contributed by atoms with Crippen molar-refractivity contribution >= 4 is 21.4 Å². The maximum atomic E-state index is 2.40. The highest BCUT2D eigenvalue weighted by Crippen LogP contribution is 2.29. The van der Waals surface area contributed by atoms with Crippen molar-refractivity contribution in [3.8, 4) is 0 Å². The van der Waals surface area contributed by atoms with Gasteiger partial charge in [0.1, 0.15) is 0 Å². The molecule has 0 radical (unpaired) electrons. The van der Waals surface area contributed by atoms with E-state index in [1.807, 2.05) is 11.3 Å². The molecule has 0 fully saturated rings. The molecule has 0 atom stereocenters. The maximum absolute atomic E-state index is 2.40. The van der Waals surface area contributed by atoms with E-state index < -0.39 is 0 Å². The van der Waals surface area contributed by atoms with Crippen molar-refractivity contribution in [1.29, 1.82) is 0 Å². The first-order valence-corrected chi connectivity index (χ1v) is 5.80. The molecule has 0 amide bonds. The van der Waals surface area contributed by atoms with Gasteiger partial charge >= 0.3 is 0 Å². The predicted octanol–water partition coefficient (Wildman–Crippen LogP) is 3.78. The first kappa shape index (κ1) is 7.57. The lowest BCUT2D eigenvalue weighted by Crippen LogP contribution is -2.01. The van der Waals surface area contributed by atoms with Crippen LogP contribution < -0.4 is 0 Å². The van der Waals surface area contributed by atoms with Gasteiger partial charge in [-0.3, -0.25) is 0 Å². The summed E-state index contributed by atoms with van der Waals surface area (Å²) in [6.45, 7) is 0. The molecule has 0 N–H and O–H groups in total. The summed E-state index contributed by atoms with van der Waals surface area (Å²) in [5.41, 5.74) is 3.19. The van der Waals surface area contributed by atoms with Crippen LogP contribution >= 0.6 is 11.3 Å². The zero-order chi connectivity index (χ0) is 8.67. The Morgan fingerprint density at radius 2 is 1.77 bits per heavy atom. The highest BCUT2D eigenvalue weighted by molar-refractivity contribution is 7.17. The molecule has 0 saturated carbocycles. The number of fused-ring (bicyclic) bond motifs is 2. The highest BCUT2D eigenvalue weighted by atomic mass is 32.1. The van der Waals surface area contributed by atoms with Crippen LogP contribution in [-0.2, 0) is 12.8 Å². The van der Waals surface area contributed by atoms with Crippen LogP contribution in [-0.4, -0.2) is 0 Å². The highest BCUT2D eigenvalue weighted by Gasteiger charge is 2.10. The second-order valence-corrected chi connectivity index (χ2v) is 4.73.